The highest BCUT2D eigenvalue weighted by molar-refractivity contribution is 5.90. The van der Waals surface area contributed by atoms with Gasteiger partial charge in [-0.3, -0.25) is 4.79 Å². The standard InChI is InChI=1S/C35H30N2O5/c1-37-29-15-9-7-13-27(29)33(38)31(34(37)39)30(22-16-18-24(41-2)19-17-22)32-26(25-12-6-8-14-28(25)36-32)20-21-42-35(40)23-10-4-3-5-11-23/h3-19,30,36,38H,20-21H2,1-2H3. The third-order valence-corrected chi connectivity index (χ3v) is 7.78. The first-order valence-corrected chi connectivity index (χ1v) is 13.7. The molecule has 2 heterocycles. The molecule has 0 fully saturated rings. The van der Waals surface area contributed by atoms with Gasteiger partial charge in [-0.05, 0) is 53.6 Å². The highest BCUT2D eigenvalue weighted by atomic mass is 16.5. The van der Waals surface area contributed by atoms with Gasteiger partial charge in [0.15, 0.2) is 0 Å². The number of methoxy groups -OCH3 is 1. The van der Waals surface area contributed by atoms with Crippen LogP contribution in [-0.2, 0) is 18.2 Å². The Labute approximate surface area is 242 Å². The van der Waals surface area contributed by atoms with E-state index in [0.29, 0.717) is 28.6 Å². The van der Waals surface area contributed by atoms with Crippen LogP contribution < -0.4 is 10.3 Å². The molecule has 0 saturated heterocycles. The monoisotopic (exact) mass is 558 g/mol. The molecule has 2 N–H and O–H groups in total. The van der Waals surface area contributed by atoms with Crippen molar-refractivity contribution < 1.29 is 19.4 Å². The lowest BCUT2D eigenvalue weighted by Gasteiger charge is -2.22. The minimum absolute atomic E-state index is 0.0605. The summed E-state index contributed by atoms with van der Waals surface area (Å²) in [5.74, 6) is -0.427. The van der Waals surface area contributed by atoms with Gasteiger partial charge in [-0.2, -0.15) is 0 Å². The molecule has 0 spiro atoms. The van der Waals surface area contributed by atoms with Crippen molar-refractivity contribution in [2.24, 2.45) is 7.05 Å². The average Bonchev–Trinajstić information content (AvgIpc) is 3.40. The van der Waals surface area contributed by atoms with Crippen LogP contribution in [0, 0.1) is 0 Å². The molecule has 1 unspecified atom stereocenters. The highest BCUT2D eigenvalue weighted by Gasteiger charge is 2.30. The second-order valence-corrected chi connectivity index (χ2v) is 10.2. The number of ether oxygens (including phenoxy) is 2. The van der Waals surface area contributed by atoms with Crippen molar-refractivity contribution in [2.45, 2.75) is 12.3 Å². The molecule has 6 rings (SSSR count). The van der Waals surface area contributed by atoms with E-state index < -0.39 is 11.9 Å². The Balaban J connectivity index is 1.52. The number of fused-ring (bicyclic) bond motifs is 2. The topological polar surface area (TPSA) is 93.5 Å². The van der Waals surface area contributed by atoms with Gasteiger partial charge >= 0.3 is 5.97 Å². The lowest BCUT2D eigenvalue weighted by molar-refractivity contribution is 0.0509. The van der Waals surface area contributed by atoms with Crippen LogP contribution in [0.25, 0.3) is 21.8 Å². The number of nitrogens with zero attached hydrogens (tertiary/aromatic N) is 1. The van der Waals surface area contributed by atoms with Crippen LogP contribution >= 0.6 is 0 Å². The number of rotatable bonds is 8. The van der Waals surface area contributed by atoms with E-state index in [-0.39, 0.29) is 23.5 Å². The average molecular weight is 559 g/mol. The van der Waals surface area contributed by atoms with Crippen molar-refractivity contribution in [3.63, 3.8) is 0 Å². The first-order chi connectivity index (χ1) is 20.5. The van der Waals surface area contributed by atoms with E-state index >= 15 is 0 Å². The number of nitrogens with one attached hydrogen (secondary N) is 1. The second-order valence-electron chi connectivity index (χ2n) is 10.2. The molecule has 0 radical (unpaired) electrons. The van der Waals surface area contributed by atoms with Gasteiger partial charge in [0.2, 0.25) is 0 Å². The number of aryl methyl sites for hydroxylation is 1. The number of hydrogen-bond acceptors (Lipinski definition) is 5. The third-order valence-electron chi connectivity index (χ3n) is 7.78. The summed E-state index contributed by atoms with van der Waals surface area (Å²) in [6.45, 7) is 0.139. The van der Waals surface area contributed by atoms with E-state index in [1.165, 1.54) is 0 Å². The molecule has 1 atom stereocenters. The number of esters is 1. The number of benzene rings is 4. The Morgan fingerprint density at radius 3 is 2.29 bits per heavy atom. The lowest BCUT2D eigenvalue weighted by atomic mass is 9.85. The first kappa shape index (κ1) is 26.9. The van der Waals surface area contributed by atoms with E-state index in [4.69, 9.17) is 9.47 Å². The van der Waals surface area contributed by atoms with Gasteiger partial charge in [0.05, 0.1) is 36.3 Å². The van der Waals surface area contributed by atoms with E-state index in [1.54, 1.807) is 43.0 Å². The number of hydrogen-bond donors (Lipinski definition) is 2. The Hall–Kier alpha value is -5.30. The molecule has 42 heavy (non-hydrogen) atoms. The first-order valence-electron chi connectivity index (χ1n) is 13.7. The van der Waals surface area contributed by atoms with Gasteiger partial charge in [0.25, 0.3) is 5.56 Å². The molecule has 7 heteroatoms. The fraction of sp³-hybridized carbons (Fsp3) is 0.143. The summed E-state index contributed by atoms with van der Waals surface area (Å²) in [6, 6.07) is 31.6. The van der Waals surface area contributed by atoms with Gasteiger partial charge in [-0.25, -0.2) is 4.79 Å². The Morgan fingerprint density at radius 2 is 1.55 bits per heavy atom. The maximum absolute atomic E-state index is 14.0. The Morgan fingerprint density at radius 1 is 0.881 bits per heavy atom. The van der Waals surface area contributed by atoms with E-state index in [2.05, 4.69) is 4.98 Å². The molecule has 4 aromatic carbocycles. The molecule has 210 valence electrons. The molecular formula is C35H30N2O5. The number of aromatic hydroxyl groups is 1. The number of pyridine rings is 1. The second kappa shape index (κ2) is 11.3. The quantitative estimate of drug-likeness (QED) is 0.214. The summed E-state index contributed by atoms with van der Waals surface area (Å²) in [5.41, 5.74) is 4.42. The number of aromatic nitrogens is 2. The van der Waals surface area contributed by atoms with E-state index in [9.17, 15) is 14.7 Å². The zero-order valence-corrected chi connectivity index (χ0v) is 23.3. The van der Waals surface area contributed by atoms with Gasteiger partial charge < -0.3 is 24.1 Å². The van der Waals surface area contributed by atoms with Crippen LogP contribution in [0.2, 0.25) is 0 Å². The van der Waals surface area contributed by atoms with Crippen LogP contribution in [0.3, 0.4) is 0 Å². The minimum atomic E-state index is -0.647. The summed E-state index contributed by atoms with van der Waals surface area (Å²) in [5, 5.41) is 13.2. The lowest BCUT2D eigenvalue weighted by Crippen LogP contribution is -2.25. The Bertz CT molecular complexity index is 1960. The molecular weight excluding hydrogens is 528 g/mol. The maximum Gasteiger partial charge on any atom is 0.338 e. The van der Waals surface area contributed by atoms with Crippen LogP contribution in [0.15, 0.2) is 108 Å². The van der Waals surface area contributed by atoms with Gasteiger partial charge in [0.1, 0.15) is 11.5 Å². The predicted molar refractivity (Wildman–Crippen MR) is 164 cm³/mol. The molecule has 6 aromatic rings. The van der Waals surface area contributed by atoms with Crippen molar-refractivity contribution in [1.29, 1.82) is 0 Å². The van der Waals surface area contributed by atoms with Crippen LogP contribution in [0.4, 0.5) is 0 Å². The molecule has 0 amide bonds. The van der Waals surface area contributed by atoms with Crippen LogP contribution in [-0.4, -0.2) is 34.3 Å². The number of para-hydroxylation sites is 2. The number of H-pyrrole nitrogens is 1. The molecule has 7 nitrogen and oxygen atoms in total. The molecule has 2 aromatic heterocycles. The highest BCUT2D eigenvalue weighted by Crippen LogP contribution is 2.41. The number of carbonyl (C=O) groups is 1. The molecule has 0 aliphatic carbocycles. The molecule has 0 saturated carbocycles. The predicted octanol–water partition coefficient (Wildman–Crippen LogP) is 6.31. The van der Waals surface area contributed by atoms with Gasteiger partial charge in [-0.15, -0.1) is 0 Å². The van der Waals surface area contributed by atoms with Gasteiger partial charge in [0, 0.05) is 35.5 Å². The zero-order valence-electron chi connectivity index (χ0n) is 23.3. The normalized spacial score (nSPS) is 12.0. The maximum atomic E-state index is 14.0. The number of carbonyl (C=O) groups excluding carboxylic acids is 1. The fourth-order valence-corrected chi connectivity index (χ4v) is 5.68. The SMILES string of the molecule is COc1ccc(C(c2[nH]c3ccccc3c2CCOC(=O)c2ccccc2)c2c(O)c3ccccc3n(C)c2=O)cc1. The summed E-state index contributed by atoms with van der Waals surface area (Å²) < 4.78 is 12.6. The number of aromatic amines is 1. The van der Waals surface area contributed by atoms with Crippen molar-refractivity contribution in [2.75, 3.05) is 13.7 Å². The van der Waals surface area contributed by atoms with Crippen molar-refractivity contribution >= 4 is 27.8 Å². The van der Waals surface area contributed by atoms with Crippen LogP contribution in [0.5, 0.6) is 11.5 Å². The van der Waals surface area contributed by atoms with E-state index in [1.807, 2.05) is 78.9 Å². The minimum Gasteiger partial charge on any atom is -0.507 e. The molecule has 0 bridgehead atoms. The smallest absolute Gasteiger partial charge is 0.338 e. The van der Waals surface area contributed by atoms with Crippen LogP contribution in [0.1, 0.15) is 38.7 Å². The fourth-order valence-electron chi connectivity index (χ4n) is 5.68. The largest absolute Gasteiger partial charge is 0.507 e. The van der Waals surface area contributed by atoms with Crippen molar-refractivity contribution in [3.05, 3.63) is 141 Å². The van der Waals surface area contributed by atoms with E-state index in [0.717, 1.165) is 27.7 Å². The summed E-state index contributed by atoms with van der Waals surface area (Å²) >= 11 is 0. The van der Waals surface area contributed by atoms with Gasteiger partial charge in [-0.1, -0.05) is 60.7 Å². The Kier molecular flexibility index (Phi) is 7.23. The molecule has 0 aliphatic heterocycles. The third kappa shape index (κ3) is 4.79. The summed E-state index contributed by atoms with van der Waals surface area (Å²) in [7, 11) is 3.32. The van der Waals surface area contributed by atoms with Crippen molar-refractivity contribution in [3.8, 4) is 11.5 Å². The zero-order chi connectivity index (χ0) is 29.2. The summed E-state index contributed by atoms with van der Waals surface area (Å²) in [4.78, 5) is 30.2. The molecule has 0 aliphatic rings. The van der Waals surface area contributed by atoms with Crippen molar-refractivity contribution in [1.82, 2.24) is 9.55 Å². The summed E-state index contributed by atoms with van der Waals surface area (Å²) in [6.07, 6.45) is 0.402.